The highest BCUT2D eigenvalue weighted by molar-refractivity contribution is 5.93. The first kappa shape index (κ1) is 12.9. The van der Waals surface area contributed by atoms with Crippen LogP contribution in [0.2, 0.25) is 0 Å². The Hall–Kier alpha value is -2.16. The maximum absolute atomic E-state index is 14.0. The highest BCUT2D eigenvalue weighted by Crippen LogP contribution is 2.51. The van der Waals surface area contributed by atoms with Crippen LogP contribution in [0.1, 0.15) is 18.4 Å². The third-order valence-electron chi connectivity index (χ3n) is 4.02. The normalized spacial score (nSPS) is 15.7. The van der Waals surface area contributed by atoms with E-state index in [1.807, 2.05) is 30.3 Å². The van der Waals surface area contributed by atoms with Crippen LogP contribution >= 0.6 is 0 Å². The van der Waals surface area contributed by atoms with Crippen molar-refractivity contribution in [1.82, 2.24) is 5.32 Å². The van der Waals surface area contributed by atoms with Gasteiger partial charge < -0.3 is 5.32 Å². The molecule has 1 fully saturated rings. The molecule has 0 unspecified atom stereocenters. The Balaban J connectivity index is 2.16. The predicted octanol–water partition coefficient (Wildman–Crippen LogP) is 3.27. The fraction of sp³-hybridized carbons (Fsp3) is 0.235. The average molecular weight is 269 g/mol. The smallest absolute Gasteiger partial charge is 0.230 e. The van der Waals surface area contributed by atoms with Crippen LogP contribution < -0.4 is 5.32 Å². The first-order chi connectivity index (χ1) is 9.69. The lowest BCUT2D eigenvalue weighted by Gasteiger charge is -2.18. The molecule has 0 aromatic heterocycles. The summed E-state index contributed by atoms with van der Waals surface area (Å²) >= 11 is 0. The number of benzene rings is 2. The van der Waals surface area contributed by atoms with Crippen molar-refractivity contribution in [3.05, 3.63) is 59.9 Å². The lowest BCUT2D eigenvalue weighted by atomic mass is 9.87. The molecule has 0 saturated heterocycles. The van der Waals surface area contributed by atoms with Gasteiger partial charge in [0.1, 0.15) is 5.82 Å². The molecule has 0 spiro atoms. The van der Waals surface area contributed by atoms with Gasteiger partial charge in [-0.25, -0.2) is 4.39 Å². The van der Waals surface area contributed by atoms with Gasteiger partial charge in [0, 0.05) is 12.6 Å². The molecule has 0 radical (unpaired) electrons. The molecule has 0 heterocycles. The zero-order valence-electron chi connectivity index (χ0n) is 11.3. The summed E-state index contributed by atoms with van der Waals surface area (Å²) in [5.74, 6) is -0.242. The molecule has 3 rings (SSSR count). The fourth-order valence-corrected chi connectivity index (χ4v) is 2.80. The zero-order valence-corrected chi connectivity index (χ0v) is 11.3. The van der Waals surface area contributed by atoms with Crippen LogP contribution in [-0.2, 0) is 10.2 Å². The summed E-state index contributed by atoms with van der Waals surface area (Å²) in [6, 6.07) is 14.3. The number of likely N-dealkylation sites (N-methyl/N-ethyl adjacent to an activating group) is 1. The SMILES string of the molecule is CNC(=O)C1(c2ccccc2-c2ccccc2F)CC1. The van der Waals surface area contributed by atoms with Crippen molar-refractivity contribution >= 4 is 5.91 Å². The van der Waals surface area contributed by atoms with Crippen LogP contribution in [-0.4, -0.2) is 13.0 Å². The number of hydrogen-bond donors (Lipinski definition) is 1. The van der Waals surface area contributed by atoms with E-state index in [0.29, 0.717) is 5.56 Å². The fourth-order valence-electron chi connectivity index (χ4n) is 2.80. The van der Waals surface area contributed by atoms with Gasteiger partial charge in [-0.2, -0.15) is 0 Å². The van der Waals surface area contributed by atoms with Gasteiger partial charge in [0.25, 0.3) is 0 Å². The number of carbonyl (C=O) groups excluding carboxylic acids is 1. The van der Waals surface area contributed by atoms with Gasteiger partial charge in [-0.1, -0.05) is 42.5 Å². The Labute approximate surface area is 117 Å². The van der Waals surface area contributed by atoms with Crippen LogP contribution in [0.15, 0.2) is 48.5 Å². The lowest BCUT2D eigenvalue weighted by Crippen LogP contribution is -2.32. The van der Waals surface area contributed by atoms with Crippen molar-refractivity contribution in [1.29, 1.82) is 0 Å². The molecule has 1 saturated carbocycles. The molecule has 0 atom stereocenters. The number of amides is 1. The summed E-state index contributed by atoms with van der Waals surface area (Å²) in [6.07, 6.45) is 1.64. The number of halogens is 1. The Kier molecular flexibility index (Phi) is 3.05. The summed E-state index contributed by atoms with van der Waals surface area (Å²) in [7, 11) is 1.65. The second-order valence-corrected chi connectivity index (χ2v) is 5.19. The summed E-state index contributed by atoms with van der Waals surface area (Å²) in [5, 5.41) is 2.73. The Bertz CT molecular complexity index is 662. The quantitative estimate of drug-likeness (QED) is 0.910. The van der Waals surface area contributed by atoms with Gasteiger partial charge in [-0.3, -0.25) is 4.79 Å². The van der Waals surface area contributed by atoms with Crippen LogP contribution in [0.25, 0.3) is 11.1 Å². The summed E-state index contributed by atoms with van der Waals surface area (Å²) in [4.78, 5) is 12.2. The molecule has 3 heteroatoms. The standard InChI is InChI=1S/C17H16FNO/c1-19-16(20)17(10-11-17)14-8-4-2-6-12(14)13-7-3-5-9-15(13)18/h2-9H,10-11H2,1H3,(H,19,20). The van der Waals surface area contributed by atoms with Crippen LogP contribution in [0.4, 0.5) is 4.39 Å². The van der Waals surface area contributed by atoms with Crippen molar-refractivity contribution in [2.45, 2.75) is 18.3 Å². The zero-order chi connectivity index (χ0) is 14.2. The molecule has 0 bridgehead atoms. The number of nitrogens with one attached hydrogen (secondary N) is 1. The van der Waals surface area contributed by atoms with Gasteiger partial charge in [0.15, 0.2) is 0 Å². The molecule has 1 amide bonds. The minimum absolute atomic E-state index is 0.0151. The maximum Gasteiger partial charge on any atom is 0.230 e. The Morgan fingerprint density at radius 2 is 1.65 bits per heavy atom. The van der Waals surface area contributed by atoms with Gasteiger partial charge in [0.05, 0.1) is 5.41 Å². The number of carbonyl (C=O) groups is 1. The van der Waals surface area contributed by atoms with Crippen molar-refractivity contribution in [3.63, 3.8) is 0 Å². The molecule has 2 aromatic carbocycles. The highest BCUT2D eigenvalue weighted by Gasteiger charge is 2.51. The Morgan fingerprint density at radius 3 is 2.25 bits per heavy atom. The molecular formula is C17H16FNO. The van der Waals surface area contributed by atoms with Gasteiger partial charge in [-0.05, 0) is 30.0 Å². The maximum atomic E-state index is 14.0. The second kappa shape index (κ2) is 4.75. The van der Waals surface area contributed by atoms with Gasteiger partial charge in [0.2, 0.25) is 5.91 Å². The van der Waals surface area contributed by atoms with Crippen molar-refractivity contribution < 1.29 is 9.18 Å². The minimum atomic E-state index is -0.479. The molecular weight excluding hydrogens is 253 g/mol. The van der Waals surface area contributed by atoms with E-state index in [2.05, 4.69) is 5.32 Å². The van der Waals surface area contributed by atoms with Gasteiger partial charge >= 0.3 is 0 Å². The molecule has 2 nitrogen and oxygen atoms in total. The predicted molar refractivity (Wildman–Crippen MR) is 76.8 cm³/mol. The van der Waals surface area contributed by atoms with E-state index in [9.17, 15) is 9.18 Å². The lowest BCUT2D eigenvalue weighted by molar-refractivity contribution is -0.123. The number of rotatable bonds is 3. The van der Waals surface area contributed by atoms with E-state index < -0.39 is 5.41 Å². The van der Waals surface area contributed by atoms with E-state index in [1.165, 1.54) is 6.07 Å². The molecule has 20 heavy (non-hydrogen) atoms. The molecule has 1 aliphatic carbocycles. The molecule has 0 aliphatic heterocycles. The summed E-state index contributed by atoms with van der Waals surface area (Å²) in [5.41, 5.74) is 1.81. The third kappa shape index (κ3) is 1.90. The van der Waals surface area contributed by atoms with E-state index in [0.717, 1.165) is 24.0 Å². The van der Waals surface area contributed by atoms with Crippen LogP contribution in [0.3, 0.4) is 0 Å². The van der Waals surface area contributed by atoms with E-state index >= 15 is 0 Å². The van der Waals surface area contributed by atoms with E-state index in [1.54, 1.807) is 19.2 Å². The third-order valence-corrected chi connectivity index (χ3v) is 4.02. The second-order valence-electron chi connectivity index (χ2n) is 5.19. The first-order valence-electron chi connectivity index (χ1n) is 6.75. The Morgan fingerprint density at radius 1 is 1.05 bits per heavy atom. The monoisotopic (exact) mass is 269 g/mol. The summed E-state index contributed by atoms with van der Waals surface area (Å²) < 4.78 is 14.0. The molecule has 102 valence electrons. The van der Waals surface area contributed by atoms with Crippen LogP contribution in [0.5, 0.6) is 0 Å². The van der Waals surface area contributed by atoms with Crippen molar-refractivity contribution in [2.75, 3.05) is 7.05 Å². The van der Waals surface area contributed by atoms with Gasteiger partial charge in [-0.15, -0.1) is 0 Å². The molecule has 1 N–H and O–H groups in total. The molecule has 1 aliphatic rings. The van der Waals surface area contributed by atoms with Crippen molar-refractivity contribution in [3.8, 4) is 11.1 Å². The van der Waals surface area contributed by atoms with E-state index in [-0.39, 0.29) is 11.7 Å². The van der Waals surface area contributed by atoms with E-state index in [4.69, 9.17) is 0 Å². The average Bonchev–Trinajstić information content (AvgIpc) is 3.29. The largest absolute Gasteiger partial charge is 0.358 e. The summed E-state index contributed by atoms with van der Waals surface area (Å²) in [6.45, 7) is 0. The topological polar surface area (TPSA) is 29.1 Å². The molecule has 2 aromatic rings. The number of hydrogen-bond acceptors (Lipinski definition) is 1. The minimum Gasteiger partial charge on any atom is -0.358 e. The van der Waals surface area contributed by atoms with Crippen molar-refractivity contribution in [2.24, 2.45) is 0 Å². The first-order valence-corrected chi connectivity index (χ1v) is 6.75. The highest BCUT2D eigenvalue weighted by atomic mass is 19.1. The van der Waals surface area contributed by atoms with Crippen LogP contribution in [0, 0.1) is 5.82 Å².